The van der Waals surface area contributed by atoms with Gasteiger partial charge in [-0.2, -0.15) is 0 Å². The van der Waals surface area contributed by atoms with Crippen LogP contribution in [0.15, 0.2) is 36.4 Å². The quantitative estimate of drug-likeness (QED) is 0.747. The van der Waals surface area contributed by atoms with Gasteiger partial charge in [0.15, 0.2) is 0 Å². The molecule has 0 aliphatic carbocycles. The fourth-order valence-corrected chi connectivity index (χ4v) is 2.38. The highest BCUT2D eigenvalue weighted by atomic mass is 79.9. The molecule has 1 atom stereocenters. The van der Waals surface area contributed by atoms with Crippen molar-refractivity contribution in [2.45, 2.75) is 4.83 Å². The summed E-state index contributed by atoms with van der Waals surface area (Å²) < 4.78 is 45.1. The highest BCUT2D eigenvalue weighted by molar-refractivity contribution is 9.09. The van der Waals surface area contributed by atoms with Gasteiger partial charge in [-0.25, -0.2) is 13.2 Å². The molecule has 0 aliphatic heterocycles. The molecule has 0 bridgehead atoms. The van der Waals surface area contributed by atoms with E-state index in [4.69, 9.17) is 4.74 Å². The maximum atomic E-state index is 13.9. The number of hydrogen-bond acceptors (Lipinski definition) is 1. The van der Waals surface area contributed by atoms with Gasteiger partial charge in [0, 0.05) is 17.7 Å². The van der Waals surface area contributed by atoms with E-state index in [1.54, 1.807) is 6.07 Å². The van der Waals surface area contributed by atoms with Crippen molar-refractivity contribution in [2.75, 3.05) is 7.11 Å². The lowest BCUT2D eigenvalue weighted by atomic mass is 10.0. The molecule has 0 heterocycles. The fraction of sp³-hybridized carbons (Fsp3) is 0.143. The smallest absolute Gasteiger partial charge is 0.131 e. The number of hydrogen-bond donors (Lipinski definition) is 0. The molecule has 0 aliphatic rings. The molecular weight excluding hydrogens is 321 g/mol. The Morgan fingerprint density at radius 1 is 1.00 bits per heavy atom. The zero-order chi connectivity index (χ0) is 14.0. The van der Waals surface area contributed by atoms with Crippen LogP contribution in [0.3, 0.4) is 0 Å². The summed E-state index contributed by atoms with van der Waals surface area (Å²) in [6, 6.07) is 7.41. The average molecular weight is 331 g/mol. The first kappa shape index (κ1) is 13.9. The third kappa shape index (κ3) is 3.10. The van der Waals surface area contributed by atoms with Crippen molar-refractivity contribution < 1.29 is 17.9 Å². The van der Waals surface area contributed by atoms with Crippen molar-refractivity contribution in [1.29, 1.82) is 0 Å². The Morgan fingerprint density at radius 3 is 2.16 bits per heavy atom. The van der Waals surface area contributed by atoms with Gasteiger partial charge in [-0.15, -0.1) is 0 Å². The molecule has 0 fully saturated rings. The van der Waals surface area contributed by atoms with Crippen LogP contribution in [0, 0.1) is 17.5 Å². The monoisotopic (exact) mass is 330 g/mol. The van der Waals surface area contributed by atoms with Crippen LogP contribution in [0.4, 0.5) is 13.2 Å². The molecule has 2 rings (SSSR count). The van der Waals surface area contributed by atoms with Gasteiger partial charge < -0.3 is 4.74 Å². The highest BCUT2D eigenvalue weighted by Gasteiger charge is 2.17. The lowest BCUT2D eigenvalue weighted by molar-refractivity contribution is 0.411. The molecule has 2 aromatic rings. The molecule has 0 N–H and O–H groups in total. The van der Waals surface area contributed by atoms with Crippen molar-refractivity contribution in [2.24, 2.45) is 0 Å². The van der Waals surface area contributed by atoms with Gasteiger partial charge in [-0.05, 0) is 23.8 Å². The minimum atomic E-state index is -0.701. The van der Waals surface area contributed by atoms with Crippen LogP contribution in [-0.4, -0.2) is 7.11 Å². The number of benzene rings is 2. The third-order valence-electron chi connectivity index (χ3n) is 2.66. The Hall–Kier alpha value is -1.49. The molecule has 19 heavy (non-hydrogen) atoms. The van der Waals surface area contributed by atoms with Crippen molar-refractivity contribution in [3.8, 4) is 5.75 Å². The number of halogens is 4. The van der Waals surface area contributed by atoms with Crippen LogP contribution in [-0.2, 0) is 0 Å². The lowest BCUT2D eigenvalue weighted by Crippen LogP contribution is -1.99. The molecule has 0 radical (unpaired) electrons. The Labute approximate surface area is 117 Å². The summed E-state index contributed by atoms with van der Waals surface area (Å²) >= 11 is 3.25. The van der Waals surface area contributed by atoms with Gasteiger partial charge in [0.2, 0.25) is 0 Å². The van der Waals surface area contributed by atoms with E-state index in [1.807, 2.05) is 0 Å². The molecule has 1 nitrogen and oxygen atoms in total. The molecular formula is C14H10BrF3O. The van der Waals surface area contributed by atoms with E-state index in [-0.39, 0.29) is 5.56 Å². The van der Waals surface area contributed by atoms with E-state index < -0.39 is 22.3 Å². The van der Waals surface area contributed by atoms with Crippen molar-refractivity contribution >= 4 is 15.9 Å². The van der Waals surface area contributed by atoms with Gasteiger partial charge in [-0.3, -0.25) is 0 Å². The number of rotatable bonds is 3. The van der Waals surface area contributed by atoms with Gasteiger partial charge in [0.25, 0.3) is 0 Å². The molecule has 1 unspecified atom stereocenters. The van der Waals surface area contributed by atoms with E-state index >= 15 is 0 Å². The summed E-state index contributed by atoms with van der Waals surface area (Å²) in [6.45, 7) is 0. The average Bonchev–Trinajstić information content (AvgIpc) is 2.36. The second-order valence-corrected chi connectivity index (χ2v) is 4.87. The van der Waals surface area contributed by atoms with Gasteiger partial charge >= 0.3 is 0 Å². The molecule has 0 saturated heterocycles. The van der Waals surface area contributed by atoms with Crippen molar-refractivity contribution in [1.82, 2.24) is 0 Å². The van der Waals surface area contributed by atoms with E-state index in [0.29, 0.717) is 11.3 Å². The molecule has 0 amide bonds. The normalized spacial score (nSPS) is 12.3. The topological polar surface area (TPSA) is 9.23 Å². The Balaban J connectivity index is 2.40. The van der Waals surface area contributed by atoms with Crippen LogP contribution in [0.1, 0.15) is 16.0 Å². The second kappa shape index (κ2) is 5.65. The van der Waals surface area contributed by atoms with E-state index in [9.17, 15) is 13.2 Å². The zero-order valence-electron chi connectivity index (χ0n) is 9.96. The SMILES string of the molecule is COc1ccc(C(Br)c2cc(F)cc(F)c2)c(F)c1. The predicted octanol–water partition coefficient (Wildman–Crippen LogP) is 4.60. The Morgan fingerprint density at radius 2 is 1.63 bits per heavy atom. The summed E-state index contributed by atoms with van der Waals surface area (Å²) in [5, 5.41) is 0. The molecule has 5 heteroatoms. The fourth-order valence-electron chi connectivity index (χ4n) is 1.74. The summed E-state index contributed by atoms with van der Waals surface area (Å²) in [6.07, 6.45) is 0. The molecule has 0 saturated carbocycles. The second-order valence-electron chi connectivity index (χ2n) is 3.95. The first-order chi connectivity index (χ1) is 9.01. The standard InChI is InChI=1S/C14H10BrF3O/c1-19-11-2-3-12(13(18)7-11)14(15)8-4-9(16)6-10(17)5-8/h2-7,14H,1H3. The minimum absolute atomic E-state index is 0.283. The zero-order valence-corrected chi connectivity index (χ0v) is 11.5. The van der Waals surface area contributed by atoms with Gasteiger partial charge in [0.05, 0.1) is 11.9 Å². The summed E-state index contributed by atoms with van der Waals surface area (Å²) in [4.78, 5) is -0.636. The largest absolute Gasteiger partial charge is 0.497 e. The predicted molar refractivity (Wildman–Crippen MR) is 70.1 cm³/mol. The molecule has 0 aromatic heterocycles. The maximum absolute atomic E-state index is 13.9. The minimum Gasteiger partial charge on any atom is -0.497 e. The van der Waals surface area contributed by atoms with Gasteiger partial charge in [0.1, 0.15) is 23.2 Å². The Kier molecular flexibility index (Phi) is 4.14. The van der Waals surface area contributed by atoms with Crippen LogP contribution in [0.5, 0.6) is 5.75 Å². The molecule has 2 aromatic carbocycles. The van der Waals surface area contributed by atoms with Crippen molar-refractivity contribution in [3.63, 3.8) is 0 Å². The first-order valence-electron chi connectivity index (χ1n) is 5.44. The van der Waals surface area contributed by atoms with Crippen molar-refractivity contribution in [3.05, 3.63) is 65.0 Å². The van der Waals surface area contributed by atoms with Crippen LogP contribution >= 0.6 is 15.9 Å². The first-order valence-corrected chi connectivity index (χ1v) is 6.36. The van der Waals surface area contributed by atoms with E-state index in [2.05, 4.69) is 15.9 Å². The number of methoxy groups -OCH3 is 1. The number of ether oxygens (including phenoxy) is 1. The molecule has 100 valence electrons. The summed E-state index contributed by atoms with van der Waals surface area (Å²) in [7, 11) is 1.43. The highest BCUT2D eigenvalue weighted by Crippen LogP contribution is 2.34. The van der Waals surface area contributed by atoms with E-state index in [0.717, 1.165) is 18.2 Å². The lowest BCUT2D eigenvalue weighted by Gasteiger charge is -2.13. The van der Waals surface area contributed by atoms with Gasteiger partial charge in [-0.1, -0.05) is 22.0 Å². The molecule has 0 spiro atoms. The Bertz CT molecular complexity index is 581. The van der Waals surface area contributed by atoms with Crippen LogP contribution in [0.25, 0.3) is 0 Å². The number of alkyl halides is 1. The van der Waals surface area contributed by atoms with E-state index in [1.165, 1.54) is 19.2 Å². The summed E-state index contributed by atoms with van der Waals surface area (Å²) in [5.41, 5.74) is 0.590. The van der Waals surface area contributed by atoms with Crippen LogP contribution < -0.4 is 4.74 Å². The van der Waals surface area contributed by atoms with Crippen LogP contribution in [0.2, 0.25) is 0 Å². The summed E-state index contributed by atoms with van der Waals surface area (Å²) in [5.74, 6) is -1.53. The third-order valence-corrected chi connectivity index (χ3v) is 3.68. The maximum Gasteiger partial charge on any atom is 0.131 e.